The van der Waals surface area contributed by atoms with Crippen LogP contribution in [0.25, 0.3) is 11.3 Å². The van der Waals surface area contributed by atoms with Crippen molar-refractivity contribution in [3.8, 4) is 11.3 Å². The highest BCUT2D eigenvalue weighted by Crippen LogP contribution is 2.31. The van der Waals surface area contributed by atoms with Crippen molar-refractivity contribution < 1.29 is 4.92 Å². The predicted octanol–water partition coefficient (Wildman–Crippen LogP) is 3.93. The standard InChI is InChI=1S/C11H9ClN2O2S/c1-2-11-13-10(6-17-11)8-4-3-7(14(15)16)5-9(8)12/h3-6H,2H2,1H3. The number of nitro benzene ring substituents is 1. The molecule has 0 atom stereocenters. The van der Waals surface area contributed by atoms with Gasteiger partial charge < -0.3 is 0 Å². The van der Waals surface area contributed by atoms with Crippen molar-refractivity contribution in [2.45, 2.75) is 13.3 Å². The van der Waals surface area contributed by atoms with E-state index in [9.17, 15) is 10.1 Å². The van der Waals surface area contributed by atoms with Crippen LogP contribution in [0.2, 0.25) is 5.02 Å². The summed E-state index contributed by atoms with van der Waals surface area (Å²) in [7, 11) is 0. The molecule has 0 unspecified atom stereocenters. The molecule has 2 aromatic rings. The molecule has 4 nitrogen and oxygen atoms in total. The van der Waals surface area contributed by atoms with Gasteiger partial charge in [-0.15, -0.1) is 11.3 Å². The number of rotatable bonds is 3. The Morgan fingerprint density at radius 3 is 2.82 bits per heavy atom. The Balaban J connectivity index is 2.42. The van der Waals surface area contributed by atoms with Crippen molar-refractivity contribution in [1.29, 1.82) is 0 Å². The van der Waals surface area contributed by atoms with Gasteiger partial charge in [0, 0.05) is 23.1 Å². The van der Waals surface area contributed by atoms with E-state index in [1.54, 1.807) is 17.4 Å². The fraction of sp³-hybridized carbons (Fsp3) is 0.182. The molecule has 0 fully saturated rings. The molecule has 0 aliphatic rings. The molecule has 0 spiro atoms. The second-order valence-electron chi connectivity index (χ2n) is 3.40. The first-order valence-electron chi connectivity index (χ1n) is 5.00. The second-order valence-corrected chi connectivity index (χ2v) is 4.75. The number of halogens is 1. The number of nitro groups is 1. The molecule has 0 radical (unpaired) electrons. The van der Waals surface area contributed by atoms with Crippen LogP contribution in [-0.4, -0.2) is 9.91 Å². The van der Waals surface area contributed by atoms with Gasteiger partial charge in [-0.05, 0) is 12.5 Å². The summed E-state index contributed by atoms with van der Waals surface area (Å²) >= 11 is 7.58. The normalized spacial score (nSPS) is 10.5. The Bertz CT molecular complexity index is 568. The van der Waals surface area contributed by atoms with Crippen LogP contribution in [0.5, 0.6) is 0 Å². The summed E-state index contributed by atoms with van der Waals surface area (Å²) in [5.41, 5.74) is 1.49. The molecule has 0 aliphatic carbocycles. The summed E-state index contributed by atoms with van der Waals surface area (Å²) in [5.74, 6) is 0. The molecule has 0 N–H and O–H groups in total. The van der Waals surface area contributed by atoms with Crippen molar-refractivity contribution in [2.24, 2.45) is 0 Å². The van der Waals surface area contributed by atoms with Crippen LogP contribution < -0.4 is 0 Å². The van der Waals surface area contributed by atoms with E-state index in [-0.39, 0.29) is 5.69 Å². The third-order valence-corrected chi connectivity index (χ3v) is 3.60. The molecule has 2 rings (SSSR count). The SMILES string of the molecule is CCc1nc(-c2ccc([N+](=O)[O-])cc2Cl)cs1. The minimum Gasteiger partial charge on any atom is -0.258 e. The Morgan fingerprint density at radius 2 is 2.29 bits per heavy atom. The number of hydrogen-bond acceptors (Lipinski definition) is 4. The van der Waals surface area contributed by atoms with Crippen LogP contribution in [0.1, 0.15) is 11.9 Å². The van der Waals surface area contributed by atoms with Crippen molar-refractivity contribution >= 4 is 28.6 Å². The molecule has 1 aromatic carbocycles. The molecule has 1 heterocycles. The van der Waals surface area contributed by atoms with Gasteiger partial charge in [0.25, 0.3) is 5.69 Å². The van der Waals surface area contributed by atoms with Gasteiger partial charge in [0.2, 0.25) is 0 Å². The maximum atomic E-state index is 10.6. The minimum atomic E-state index is -0.464. The minimum absolute atomic E-state index is 0.00954. The zero-order valence-corrected chi connectivity index (χ0v) is 10.6. The summed E-state index contributed by atoms with van der Waals surface area (Å²) in [4.78, 5) is 14.5. The van der Waals surface area contributed by atoms with Crippen LogP contribution in [-0.2, 0) is 6.42 Å². The Morgan fingerprint density at radius 1 is 1.53 bits per heavy atom. The topological polar surface area (TPSA) is 56.0 Å². The van der Waals surface area contributed by atoms with E-state index >= 15 is 0 Å². The quantitative estimate of drug-likeness (QED) is 0.626. The third-order valence-electron chi connectivity index (χ3n) is 2.29. The third kappa shape index (κ3) is 2.45. The smallest absolute Gasteiger partial charge is 0.258 e. The van der Waals surface area contributed by atoms with Gasteiger partial charge in [-0.2, -0.15) is 0 Å². The van der Waals surface area contributed by atoms with Crippen LogP contribution in [0.15, 0.2) is 23.6 Å². The molecular formula is C11H9ClN2O2S. The van der Waals surface area contributed by atoms with Crippen LogP contribution in [0, 0.1) is 10.1 Å². The largest absolute Gasteiger partial charge is 0.270 e. The number of nitrogens with zero attached hydrogens (tertiary/aromatic N) is 2. The van der Waals surface area contributed by atoms with E-state index in [4.69, 9.17) is 11.6 Å². The number of aromatic nitrogens is 1. The summed E-state index contributed by atoms with van der Waals surface area (Å²) in [6, 6.07) is 4.42. The fourth-order valence-corrected chi connectivity index (χ4v) is 2.44. The first-order valence-corrected chi connectivity index (χ1v) is 6.26. The van der Waals surface area contributed by atoms with E-state index in [0.29, 0.717) is 5.02 Å². The molecule has 6 heteroatoms. The van der Waals surface area contributed by atoms with E-state index < -0.39 is 4.92 Å². The van der Waals surface area contributed by atoms with Gasteiger partial charge in [0.05, 0.1) is 20.6 Å². The number of aryl methyl sites for hydroxylation is 1. The molecule has 88 valence electrons. The second kappa shape index (κ2) is 4.81. The van der Waals surface area contributed by atoms with E-state index in [1.165, 1.54) is 12.1 Å². The maximum absolute atomic E-state index is 10.6. The lowest BCUT2D eigenvalue weighted by atomic mass is 10.1. The van der Waals surface area contributed by atoms with Crippen molar-refractivity contribution in [3.63, 3.8) is 0 Å². The summed E-state index contributed by atoms with van der Waals surface area (Å²) < 4.78 is 0. The number of hydrogen-bond donors (Lipinski definition) is 0. The van der Waals surface area contributed by atoms with E-state index in [2.05, 4.69) is 4.98 Å². The van der Waals surface area contributed by atoms with E-state index in [0.717, 1.165) is 22.7 Å². The van der Waals surface area contributed by atoms with Gasteiger partial charge in [-0.3, -0.25) is 10.1 Å². The van der Waals surface area contributed by atoms with Gasteiger partial charge in [-0.25, -0.2) is 4.98 Å². The first kappa shape index (κ1) is 12.0. The molecule has 0 amide bonds. The lowest BCUT2D eigenvalue weighted by molar-refractivity contribution is -0.384. The van der Waals surface area contributed by atoms with Gasteiger partial charge in [0.15, 0.2) is 0 Å². The average Bonchev–Trinajstić information content (AvgIpc) is 2.77. The van der Waals surface area contributed by atoms with Crippen molar-refractivity contribution in [3.05, 3.63) is 43.7 Å². The first-order chi connectivity index (χ1) is 8.11. The van der Waals surface area contributed by atoms with Crippen molar-refractivity contribution in [1.82, 2.24) is 4.98 Å². The monoisotopic (exact) mass is 268 g/mol. The maximum Gasteiger partial charge on any atom is 0.270 e. The molecule has 0 bridgehead atoms. The lowest BCUT2D eigenvalue weighted by Crippen LogP contribution is -1.89. The highest BCUT2D eigenvalue weighted by Gasteiger charge is 2.12. The summed E-state index contributed by atoms with van der Waals surface area (Å²) in [6.45, 7) is 2.03. The van der Waals surface area contributed by atoms with E-state index in [1.807, 2.05) is 12.3 Å². The van der Waals surface area contributed by atoms with Gasteiger partial charge in [-0.1, -0.05) is 18.5 Å². The molecular weight excluding hydrogens is 260 g/mol. The van der Waals surface area contributed by atoms with Gasteiger partial charge in [0.1, 0.15) is 0 Å². The molecule has 17 heavy (non-hydrogen) atoms. The van der Waals surface area contributed by atoms with Crippen molar-refractivity contribution in [2.75, 3.05) is 0 Å². The number of thiazole rings is 1. The molecule has 0 saturated heterocycles. The fourth-order valence-electron chi connectivity index (χ4n) is 1.42. The highest BCUT2D eigenvalue weighted by atomic mass is 35.5. The molecule has 1 aromatic heterocycles. The average molecular weight is 269 g/mol. The molecule has 0 aliphatic heterocycles. The van der Waals surface area contributed by atoms with Gasteiger partial charge >= 0.3 is 0 Å². The van der Waals surface area contributed by atoms with Crippen LogP contribution >= 0.6 is 22.9 Å². The van der Waals surface area contributed by atoms with Crippen LogP contribution in [0.3, 0.4) is 0 Å². The number of non-ortho nitro benzene ring substituents is 1. The Labute approximate surface area is 107 Å². The zero-order chi connectivity index (χ0) is 12.4. The highest BCUT2D eigenvalue weighted by molar-refractivity contribution is 7.09. The summed E-state index contributed by atoms with van der Waals surface area (Å²) in [6.07, 6.45) is 0.870. The van der Waals surface area contributed by atoms with Crippen LogP contribution in [0.4, 0.5) is 5.69 Å². The molecule has 0 saturated carbocycles. The predicted molar refractivity (Wildman–Crippen MR) is 68.6 cm³/mol. The summed E-state index contributed by atoms with van der Waals surface area (Å²) in [5, 5.41) is 13.9. The lowest BCUT2D eigenvalue weighted by Gasteiger charge is -2.00. The number of benzene rings is 1. The Kier molecular flexibility index (Phi) is 3.40. The zero-order valence-electron chi connectivity index (χ0n) is 9.01. The Hall–Kier alpha value is -1.46.